The number of nitrogens with two attached hydrogens (primary N) is 1. The van der Waals surface area contributed by atoms with Gasteiger partial charge >= 0.3 is 0 Å². The first kappa shape index (κ1) is 13.5. The second kappa shape index (κ2) is 5.38. The minimum absolute atomic E-state index is 0.138. The third-order valence-electron chi connectivity index (χ3n) is 3.47. The molecule has 2 N–H and O–H groups in total. The highest BCUT2D eigenvalue weighted by molar-refractivity contribution is 7.89. The van der Waals surface area contributed by atoms with Crippen LogP contribution in [-0.4, -0.2) is 31.9 Å². The van der Waals surface area contributed by atoms with Gasteiger partial charge < -0.3 is 5.73 Å². The molecule has 0 aliphatic carbocycles. The fourth-order valence-electron chi connectivity index (χ4n) is 2.16. The quantitative estimate of drug-likeness (QED) is 0.900. The lowest BCUT2D eigenvalue weighted by molar-refractivity contribution is 0.320. The van der Waals surface area contributed by atoms with Crippen molar-refractivity contribution in [3.63, 3.8) is 0 Å². The number of hydrogen-bond donors (Lipinski definition) is 1. The molecule has 1 fully saturated rings. The maximum Gasteiger partial charge on any atom is 0.243 e. The maximum absolute atomic E-state index is 12.4. The van der Waals surface area contributed by atoms with Gasteiger partial charge in [0.05, 0.1) is 4.90 Å². The smallest absolute Gasteiger partial charge is 0.243 e. The number of rotatable bonds is 3. The zero-order valence-corrected chi connectivity index (χ0v) is 11.5. The van der Waals surface area contributed by atoms with Crippen molar-refractivity contribution in [2.45, 2.75) is 37.1 Å². The SMILES string of the molecule is CCc1ccc(S(=O)(=O)N2CCC(N)CC2)cc1. The molecule has 1 saturated heterocycles. The van der Waals surface area contributed by atoms with Gasteiger partial charge in [-0.3, -0.25) is 0 Å². The average molecular weight is 268 g/mol. The summed E-state index contributed by atoms with van der Waals surface area (Å²) in [4.78, 5) is 0.384. The summed E-state index contributed by atoms with van der Waals surface area (Å²) in [6.07, 6.45) is 2.40. The fourth-order valence-corrected chi connectivity index (χ4v) is 3.63. The van der Waals surface area contributed by atoms with E-state index in [9.17, 15) is 8.42 Å². The minimum atomic E-state index is -3.33. The van der Waals surface area contributed by atoms with E-state index in [-0.39, 0.29) is 6.04 Å². The van der Waals surface area contributed by atoms with Crippen molar-refractivity contribution < 1.29 is 8.42 Å². The molecule has 0 atom stereocenters. The summed E-state index contributed by atoms with van der Waals surface area (Å²) in [5, 5.41) is 0. The van der Waals surface area contributed by atoms with Gasteiger partial charge in [-0.2, -0.15) is 4.31 Å². The number of benzene rings is 1. The fraction of sp³-hybridized carbons (Fsp3) is 0.538. The molecule has 1 heterocycles. The summed E-state index contributed by atoms with van der Waals surface area (Å²) in [6, 6.07) is 7.29. The van der Waals surface area contributed by atoms with E-state index in [2.05, 4.69) is 6.92 Å². The standard InChI is InChI=1S/C13H20N2O2S/c1-2-11-3-5-13(6-4-11)18(16,17)15-9-7-12(14)8-10-15/h3-6,12H,2,7-10,14H2,1H3. The van der Waals surface area contributed by atoms with Gasteiger partial charge in [0.15, 0.2) is 0 Å². The van der Waals surface area contributed by atoms with Crippen LogP contribution >= 0.6 is 0 Å². The Kier molecular flexibility index (Phi) is 4.04. The molecule has 5 heteroatoms. The highest BCUT2D eigenvalue weighted by atomic mass is 32.2. The second-order valence-corrected chi connectivity index (χ2v) is 6.68. The largest absolute Gasteiger partial charge is 0.328 e. The Morgan fingerprint density at radius 1 is 1.22 bits per heavy atom. The number of piperidine rings is 1. The lowest BCUT2D eigenvalue weighted by Gasteiger charge is -2.29. The van der Waals surface area contributed by atoms with Gasteiger partial charge in [0.2, 0.25) is 10.0 Å². The van der Waals surface area contributed by atoms with Crippen molar-refractivity contribution >= 4 is 10.0 Å². The molecule has 4 nitrogen and oxygen atoms in total. The van der Waals surface area contributed by atoms with Crippen molar-refractivity contribution in [2.24, 2.45) is 5.73 Å². The van der Waals surface area contributed by atoms with Crippen LogP contribution in [0.15, 0.2) is 29.2 Å². The summed E-state index contributed by atoms with van der Waals surface area (Å²) < 4.78 is 26.3. The van der Waals surface area contributed by atoms with Crippen LogP contribution in [0.25, 0.3) is 0 Å². The molecule has 1 aliphatic rings. The molecule has 0 amide bonds. The van der Waals surface area contributed by atoms with Gasteiger partial charge in [-0.1, -0.05) is 19.1 Å². The Bertz CT molecular complexity index is 488. The van der Waals surface area contributed by atoms with Crippen LogP contribution in [0.3, 0.4) is 0 Å². The van der Waals surface area contributed by atoms with Crippen LogP contribution in [0.5, 0.6) is 0 Å². The zero-order valence-electron chi connectivity index (χ0n) is 10.7. The molecule has 0 spiro atoms. The van der Waals surface area contributed by atoms with Crippen molar-refractivity contribution in [3.8, 4) is 0 Å². The van der Waals surface area contributed by atoms with Gasteiger partial charge in [-0.05, 0) is 37.0 Å². The zero-order chi connectivity index (χ0) is 13.2. The van der Waals surface area contributed by atoms with Crippen molar-refractivity contribution in [2.75, 3.05) is 13.1 Å². The van der Waals surface area contributed by atoms with Crippen LogP contribution in [0.1, 0.15) is 25.3 Å². The molecular weight excluding hydrogens is 248 g/mol. The lowest BCUT2D eigenvalue weighted by Crippen LogP contribution is -2.42. The molecule has 0 saturated carbocycles. The maximum atomic E-state index is 12.4. The predicted molar refractivity (Wildman–Crippen MR) is 71.8 cm³/mol. The van der Waals surface area contributed by atoms with Crippen molar-refractivity contribution in [1.29, 1.82) is 0 Å². The molecule has 2 rings (SSSR count). The van der Waals surface area contributed by atoms with E-state index in [1.54, 1.807) is 12.1 Å². The highest BCUT2D eigenvalue weighted by Gasteiger charge is 2.27. The normalized spacial score (nSPS) is 19.0. The Hall–Kier alpha value is -0.910. The summed E-state index contributed by atoms with van der Waals surface area (Å²) in [6.45, 7) is 3.10. The molecule has 18 heavy (non-hydrogen) atoms. The van der Waals surface area contributed by atoms with E-state index in [0.29, 0.717) is 18.0 Å². The highest BCUT2D eigenvalue weighted by Crippen LogP contribution is 2.20. The molecule has 1 aromatic carbocycles. The van der Waals surface area contributed by atoms with Crippen LogP contribution in [0.4, 0.5) is 0 Å². The molecule has 0 aromatic heterocycles. The Morgan fingerprint density at radius 3 is 2.28 bits per heavy atom. The van der Waals surface area contributed by atoms with Gasteiger partial charge in [0.25, 0.3) is 0 Å². The topological polar surface area (TPSA) is 63.4 Å². The van der Waals surface area contributed by atoms with E-state index in [4.69, 9.17) is 5.73 Å². The first-order valence-corrected chi connectivity index (χ1v) is 7.82. The predicted octanol–water partition coefficient (Wildman–Crippen LogP) is 1.36. The lowest BCUT2D eigenvalue weighted by atomic mass is 10.1. The Labute approximate surface area is 109 Å². The third-order valence-corrected chi connectivity index (χ3v) is 5.38. The first-order chi connectivity index (χ1) is 8.54. The van der Waals surface area contributed by atoms with E-state index >= 15 is 0 Å². The number of nitrogens with zero attached hydrogens (tertiary/aromatic N) is 1. The number of hydrogen-bond acceptors (Lipinski definition) is 3. The van der Waals surface area contributed by atoms with Crippen LogP contribution < -0.4 is 5.73 Å². The second-order valence-electron chi connectivity index (χ2n) is 4.74. The summed E-state index contributed by atoms with van der Waals surface area (Å²) >= 11 is 0. The third kappa shape index (κ3) is 2.74. The summed E-state index contributed by atoms with van der Waals surface area (Å²) in [5.74, 6) is 0. The van der Waals surface area contributed by atoms with E-state index in [1.165, 1.54) is 4.31 Å². The van der Waals surface area contributed by atoms with Crippen molar-refractivity contribution in [3.05, 3.63) is 29.8 Å². The summed E-state index contributed by atoms with van der Waals surface area (Å²) in [5.41, 5.74) is 6.94. The van der Waals surface area contributed by atoms with Gasteiger partial charge in [-0.15, -0.1) is 0 Å². The van der Waals surface area contributed by atoms with Crippen LogP contribution in [0.2, 0.25) is 0 Å². The van der Waals surface area contributed by atoms with Crippen molar-refractivity contribution in [1.82, 2.24) is 4.31 Å². The summed E-state index contributed by atoms with van der Waals surface area (Å²) in [7, 11) is -3.33. The number of sulfonamides is 1. The molecule has 0 unspecified atom stereocenters. The van der Waals surface area contributed by atoms with E-state index in [1.807, 2.05) is 12.1 Å². The first-order valence-electron chi connectivity index (χ1n) is 6.38. The van der Waals surface area contributed by atoms with E-state index in [0.717, 1.165) is 24.8 Å². The molecule has 1 aromatic rings. The monoisotopic (exact) mass is 268 g/mol. The Balaban J connectivity index is 2.19. The minimum Gasteiger partial charge on any atom is -0.328 e. The molecular formula is C13H20N2O2S. The molecule has 0 bridgehead atoms. The molecule has 100 valence electrons. The van der Waals surface area contributed by atoms with E-state index < -0.39 is 10.0 Å². The van der Waals surface area contributed by atoms with Crippen LogP contribution in [-0.2, 0) is 16.4 Å². The average Bonchev–Trinajstić information content (AvgIpc) is 2.39. The number of aryl methyl sites for hydroxylation is 1. The Morgan fingerprint density at radius 2 is 1.78 bits per heavy atom. The van der Waals surface area contributed by atoms with Gasteiger partial charge in [0.1, 0.15) is 0 Å². The molecule has 0 radical (unpaired) electrons. The van der Waals surface area contributed by atoms with Crippen LogP contribution in [0, 0.1) is 0 Å². The van der Waals surface area contributed by atoms with Gasteiger partial charge in [-0.25, -0.2) is 8.42 Å². The van der Waals surface area contributed by atoms with Gasteiger partial charge in [0, 0.05) is 19.1 Å². The molecule has 1 aliphatic heterocycles.